The molecule has 2 rings (SSSR count). The van der Waals surface area contributed by atoms with Gasteiger partial charge in [0.2, 0.25) is 17.6 Å². The lowest BCUT2D eigenvalue weighted by Gasteiger charge is -2.23. The van der Waals surface area contributed by atoms with Gasteiger partial charge in [0, 0.05) is 33.1 Å². The number of carbonyl (C=O) groups is 3. The number of ketones is 1. The molecule has 1 fully saturated rings. The van der Waals surface area contributed by atoms with Gasteiger partial charge in [0.15, 0.2) is 17.6 Å². The fraction of sp³-hybridized carbons (Fsp3) is 0.696. The molecule has 0 aromatic carbocycles. The SMILES string of the molecule is CSCCc1c(O)c(C(=O)CC2OC(C)(C)OC2=O)c(O)n1C(=O)CC(C)CC(C)(C)C. The Bertz CT molecular complexity index is 882. The normalized spacial score (nSPS) is 19.1. The third-order valence-corrected chi connectivity index (χ3v) is 5.79. The second kappa shape index (κ2) is 9.87. The van der Waals surface area contributed by atoms with Gasteiger partial charge in [-0.15, -0.1) is 0 Å². The zero-order valence-corrected chi connectivity index (χ0v) is 20.8. The molecule has 0 bridgehead atoms. The smallest absolute Gasteiger partial charge is 0.338 e. The number of hydrogen-bond donors (Lipinski definition) is 2. The average Bonchev–Trinajstić information content (AvgIpc) is 3.01. The fourth-order valence-corrected chi connectivity index (χ4v) is 4.57. The molecule has 0 radical (unpaired) electrons. The molecule has 0 aliphatic carbocycles. The summed E-state index contributed by atoms with van der Waals surface area (Å²) in [4.78, 5) is 38.0. The van der Waals surface area contributed by atoms with E-state index in [1.165, 1.54) is 11.8 Å². The van der Waals surface area contributed by atoms with Crippen LogP contribution in [0.4, 0.5) is 0 Å². The molecule has 2 N–H and O–H groups in total. The zero-order valence-electron chi connectivity index (χ0n) is 20.0. The van der Waals surface area contributed by atoms with Crippen LogP contribution in [0.25, 0.3) is 0 Å². The number of hydrogen-bond acceptors (Lipinski definition) is 8. The molecule has 180 valence electrons. The number of cyclic esters (lactones) is 1. The van der Waals surface area contributed by atoms with Crippen molar-refractivity contribution >= 4 is 29.4 Å². The van der Waals surface area contributed by atoms with E-state index in [0.29, 0.717) is 12.2 Å². The van der Waals surface area contributed by atoms with Gasteiger partial charge in [-0.05, 0) is 29.8 Å². The molecule has 0 spiro atoms. The van der Waals surface area contributed by atoms with Crippen molar-refractivity contribution in [2.24, 2.45) is 11.3 Å². The number of ether oxygens (including phenoxy) is 2. The van der Waals surface area contributed by atoms with Crippen LogP contribution in [0.3, 0.4) is 0 Å². The minimum absolute atomic E-state index is 0.0348. The number of nitrogens with zero attached hydrogens (tertiary/aromatic N) is 1. The maximum atomic E-state index is 13.1. The number of carbonyl (C=O) groups excluding carboxylic acids is 3. The van der Waals surface area contributed by atoms with Crippen LogP contribution < -0.4 is 0 Å². The molecule has 2 atom stereocenters. The lowest BCUT2D eigenvalue weighted by molar-refractivity contribution is -0.160. The molecule has 2 unspecified atom stereocenters. The molecule has 1 aromatic rings. The molecule has 8 nitrogen and oxygen atoms in total. The van der Waals surface area contributed by atoms with Crippen LogP contribution in [0.1, 0.15) is 81.7 Å². The van der Waals surface area contributed by atoms with Gasteiger partial charge in [-0.2, -0.15) is 11.8 Å². The quantitative estimate of drug-likeness (QED) is 0.409. The van der Waals surface area contributed by atoms with Crippen LogP contribution in [0.2, 0.25) is 0 Å². The van der Waals surface area contributed by atoms with E-state index in [2.05, 4.69) is 20.8 Å². The summed E-state index contributed by atoms with van der Waals surface area (Å²) in [6, 6.07) is 0. The average molecular weight is 470 g/mol. The number of esters is 1. The molecule has 0 amide bonds. The number of Topliss-reactive ketones (excluding diaryl/α,β-unsaturated/α-hetero) is 1. The van der Waals surface area contributed by atoms with Crippen molar-refractivity contribution in [3.05, 3.63) is 11.3 Å². The highest BCUT2D eigenvalue weighted by Gasteiger charge is 2.43. The summed E-state index contributed by atoms with van der Waals surface area (Å²) in [6.07, 6.45) is 1.58. The number of rotatable bonds is 9. The highest BCUT2D eigenvalue weighted by molar-refractivity contribution is 7.98. The molecular formula is C23H35NO7S. The van der Waals surface area contributed by atoms with Crippen molar-refractivity contribution in [1.29, 1.82) is 0 Å². The van der Waals surface area contributed by atoms with Gasteiger partial charge < -0.3 is 19.7 Å². The molecule has 1 aromatic heterocycles. The minimum Gasteiger partial charge on any atom is -0.505 e. The van der Waals surface area contributed by atoms with Crippen molar-refractivity contribution in [3.8, 4) is 11.6 Å². The number of aromatic hydroxyl groups is 2. The Morgan fingerprint density at radius 3 is 2.38 bits per heavy atom. The van der Waals surface area contributed by atoms with Crippen molar-refractivity contribution < 1.29 is 34.1 Å². The number of thioether (sulfide) groups is 1. The first-order chi connectivity index (χ1) is 14.7. The highest BCUT2D eigenvalue weighted by Crippen LogP contribution is 2.38. The summed E-state index contributed by atoms with van der Waals surface area (Å²) in [5.41, 5.74) is -0.130. The minimum atomic E-state index is -1.15. The van der Waals surface area contributed by atoms with Gasteiger partial charge in [-0.25, -0.2) is 4.79 Å². The van der Waals surface area contributed by atoms with Crippen LogP contribution in [-0.2, 0) is 20.7 Å². The van der Waals surface area contributed by atoms with E-state index in [4.69, 9.17) is 9.47 Å². The van der Waals surface area contributed by atoms with Gasteiger partial charge in [0.25, 0.3) is 0 Å². The van der Waals surface area contributed by atoms with Gasteiger partial charge in [-0.1, -0.05) is 27.7 Å². The highest BCUT2D eigenvalue weighted by atomic mass is 32.2. The van der Waals surface area contributed by atoms with Crippen molar-refractivity contribution in [2.75, 3.05) is 12.0 Å². The lowest BCUT2D eigenvalue weighted by atomic mass is 9.84. The molecular weight excluding hydrogens is 434 g/mol. The zero-order chi connectivity index (χ0) is 24.4. The summed E-state index contributed by atoms with van der Waals surface area (Å²) in [5.74, 6) is -3.31. The van der Waals surface area contributed by atoms with Crippen LogP contribution in [0, 0.1) is 11.3 Å². The lowest BCUT2D eigenvalue weighted by Crippen LogP contribution is -2.23. The first kappa shape index (κ1) is 26.3. The van der Waals surface area contributed by atoms with E-state index in [9.17, 15) is 24.6 Å². The maximum absolute atomic E-state index is 13.1. The predicted molar refractivity (Wildman–Crippen MR) is 122 cm³/mol. The summed E-state index contributed by atoms with van der Waals surface area (Å²) in [5, 5.41) is 21.6. The third kappa shape index (κ3) is 6.28. The summed E-state index contributed by atoms with van der Waals surface area (Å²) in [6.45, 7) is 11.3. The van der Waals surface area contributed by atoms with Crippen molar-refractivity contribution in [2.45, 2.75) is 79.1 Å². The Kier molecular flexibility index (Phi) is 8.10. The fourth-order valence-electron chi connectivity index (χ4n) is 4.18. The second-order valence-corrected chi connectivity index (χ2v) is 11.1. The topological polar surface area (TPSA) is 115 Å². The van der Waals surface area contributed by atoms with Gasteiger partial charge >= 0.3 is 5.97 Å². The molecule has 32 heavy (non-hydrogen) atoms. The van der Waals surface area contributed by atoms with Crippen molar-refractivity contribution in [3.63, 3.8) is 0 Å². The third-order valence-electron chi connectivity index (χ3n) is 5.18. The molecule has 1 aliphatic rings. The van der Waals surface area contributed by atoms with Crippen molar-refractivity contribution in [1.82, 2.24) is 4.57 Å². The van der Waals surface area contributed by atoms with E-state index in [1.54, 1.807) is 13.8 Å². The molecule has 2 heterocycles. The molecule has 1 aliphatic heterocycles. The van der Waals surface area contributed by atoms with Gasteiger partial charge in [-0.3, -0.25) is 14.2 Å². The Morgan fingerprint density at radius 2 is 1.88 bits per heavy atom. The number of aromatic nitrogens is 1. The Labute approximate surface area is 193 Å². The first-order valence-corrected chi connectivity index (χ1v) is 12.2. The van der Waals surface area contributed by atoms with E-state index in [1.807, 2.05) is 13.2 Å². The van der Waals surface area contributed by atoms with Crippen LogP contribution in [-0.4, -0.2) is 56.3 Å². The van der Waals surface area contributed by atoms with E-state index in [-0.39, 0.29) is 34.9 Å². The standard InChI is InChI=1S/C23H35NO7S/c1-13(12-22(2,3)4)10-17(26)24-14(8-9-32-7)19(27)18(20(24)28)15(25)11-16-21(29)31-23(5,6)30-16/h13,16,27-28H,8-12H2,1-7H3. The monoisotopic (exact) mass is 469 g/mol. The summed E-state index contributed by atoms with van der Waals surface area (Å²) in [7, 11) is 0. The summed E-state index contributed by atoms with van der Waals surface area (Å²) >= 11 is 1.51. The second-order valence-electron chi connectivity index (χ2n) is 10.1. The Balaban J connectivity index is 2.34. The van der Waals surface area contributed by atoms with Gasteiger partial charge in [0.1, 0.15) is 5.56 Å². The molecule has 1 saturated heterocycles. The van der Waals surface area contributed by atoms with E-state index >= 15 is 0 Å². The summed E-state index contributed by atoms with van der Waals surface area (Å²) < 4.78 is 11.6. The largest absolute Gasteiger partial charge is 0.505 e. The Hall–Kier alpha value is -2.00. The van der Waals surface area contributed by atoms with Crippen LogP contribution >= 0.6 is 11.8 Å². The van der Waals surface area contributed by atoms with E-state index < -0.39 is 41.7 Å². The first-order valence-electron chi connectivity index (χ1n) is 10.8. The maximum Gasteiger partial charge on any atom is 0.338 e. The van der Waals surface area contributed by atoms with Crippen LogP contribution in [0.15, 0.2) is 0 Å². The molecule has 0 saturated carbocycles. The van der Waals surface area contributed by atoms with E-state index in [0.717, 1.165) is 11.0 Å². The Morgan fingerprint density at radius 1 is 1.25 bits per heavy atom. The molecule has 9 heteroatoms. The van der Waals surface area contributed by atoms with Gasteiger partial charge in [0.05, 0.1) is 5.69 Å². The predicted octanol–water partition coefficient (Wildman–Crippen LogP) is 4.16. The van der Waals surface area contributed by atoms with Crippen LogP contribution in [0.5, 0.6) is 11.6 Å².